The lowest BCUT2D eigenvalue weighted by Crippen LogP contribution is -1.90. The first-order valence-electron chi connectivity index (χ1n) is 2.71. The summed E-state index contributed by atoms with van der Waals surface area (Å²) < 4.78 is 24.5. The fourth-order valence-corrected chi connectivity index (χ4v) is 0.596. The van der Waals surface area contributed by atoms with Crippen molar-refractivity contribution in [2.45, 2.75) is 6.61 Å². The molecule has 0 saturated carbocycles. The van der Waals surface area contributed by atoms with E-state index in [2.05, 4.69) is 0 Å². The van der Waals surface area contributed by atoms with Gasteiger partial charge in [0.05, 0.1) is 12.7 Å². The van der Waals surface area contributed by atoms with E-state index >= 15 is 0 Å². The maximum atomic E-state index is 12.4. The highest BCUT2D eigenvalue weighted by Gasteiger charge is 2.01. The van der Waals surface area contributed by atoms with Crippen molar-refractivity contribution in [2.24, 2.45) is 0 Å². The molecule has 0 heterocycles. The number of hydrogen-bond acceptors (Lipinski definition) is 1. The molecule has 3 heteroatoms. The van der Waals surface area contributed by atoms with Crippen LogP contribution in [0, 0.1) is 17.7 Å². The summed E-state index contributed by atoms with van der Waals surface area (Å²) in [7, 11) is 0. The third-order valence-electron chi connectivity index (χ3n) is 1.11. The second kappa shape index (κ2) is 2.75. The fraction of sp³-hybridized carbons (Fsp3) is 0.143. The highest BCUT2D eigenvalue weighted by molar-refractivity contribution is 5.16. The number of aliphatic hydroxyl groups is 1. The topological polar surface area (TPSA) is 20.2 Å². The lowest BCUT2D eigenvalue weighted by Gasteiger charge is -1.95. The van der Waals surface area contributed by atoms with Crippen LogP contribution in [0.3, 0.4) is 0 Å². The van der Waals surface area contributed by atoms with Crippen molar-refractivity contribution in [3.8, 4) is 0 Å². The molecule has 0 fully saturated rings. The van der Waals surface area contributed by atoms with E-state index in [-0.39, 0.29) is 5.56 Å². The summed E-state index contributed by atoms with van der Waals surface area (Å²) in [4.78, 5) is 0. The predicted octanol–water partition coefficient (Wildman–Crippen LogP) is 1.26. The third kappa shape index (κ3) is 1.30. The summed E-state index contributed by atoms with van der Waals surface area (Å²) in [6.45, 7) is -0.428. The zero-order valence-electron chi connectivity index (χ0n) is 5.06. The van der Waals surface area contributed by atoms with Crippen molar-refractivity contribution < 1.29 is 13.9 Å². The molecule has 1 aromatic rings. The SMILES string of the molecule is OCc1ccc(F)[c]c1F. The van der Waals surface area contributed by atoms with Gasteiger partial charge in [-0.2, -0.15) is 0 Å². The Morgan fingerprint density at radius 2 is 2.10 bits per heavy atom. The fourth-order valence-electron chi connectivity index (χ4n) is 0.596. The Bertz CT molecular complexity index is 235. The lowest BCUT2D eigenvalue weighted by molar-refractivity contribution is 0.275. The van der Waals surface area contributed by atoms with Gasteiger partial charge in [0.25, 0.3) is 0 Å². The molecular formula is C7H5F2O. The van der Waals surface area contributed by atoms with Crippen LogP contribution < -0.4 is 0 Å². The van der Waals surface area contributed by atoms with E-state index in [0.717, 1.165) is 6.07 Å². The van der Waals surface area contributed by atoms with Crippen LogP contribution in [0.1, 0.15) is 5.56 Å². The molecule has 10 heavy (non-hydrogen) atoms. The average Bonchev–Trinajstić information content (AvgIpc) is 1.88. The second-order valence-corrected chi connectivity index (χ2v) is 1.80. The van der Waals surface area contributed by atoms with Crippen LogP contribution in [0.5, 0.6) is 0 Å². The molecule has 0 aliphatic carbocycles. The Balaban J connectivity index is 3.07. The van der Waals surface area contributed by atoms with Gasteiger partial charge in [0.15, 0.2) is 0 Å². The van der Waals surface area contributed by atoms with E-state index in [4.69, 9.17) is 5.11 Å². The molecule has 1 nitrogen and oxygen atoms in total. The molecule has 0 aromatic heterocycles. The van der Waals surface area contributed by atoms with Crippen molar-refractivity contribution in [1.82, 2.24) is 0 Å². The quantitative estimate of drug-likeness (QED) is 0.627. The van der Waals surface area contributed by atoms with Crippen LogP contribution in [0.4, 0.5) is 8.78 Å². The molecule has 1 radical (unpaired) electrons. The summed E-state index contributed by atoms with van der Waals surface area (Å²) in [5.41, 5.74) is 0.0569. The van der Waals surface area contributed by atoms with Gasteiger partial charge in [-0.1, -0.05) is 6.07 Å². The van der Waals surface area contributed by atoms with Gasteiger partial charge in [-0.05, 0) is 6.07 Å². The molecule has 0 amide bonds. The zero-order chi connectivity index (χ0) is 7.56. The molecule has 53 valence electrons. The number of aliphatic hydroxyl groups excluding tert-OH is 1. The van der Waals surface area contributed by atoms with Crippen molar-refractivity contribution in [1.29, 1.82) is 0 Å². The minimum absolute atomic E-state index is 0.0569. The van der Waals surface area contributed by atoms with E-state index in [1.807, 2.05) is 0 Å². The van der Waals surface area contributed by atoms with Crippen molar-refractivity contribution in [2.75, 3.05) is 0 Å². The highest BCUT2D eigenvalue weighted by atomic mass is 19.1. The largest absolute Gasteiger partial charge is 0.392 e. The van der Waals surface area contributed by atoms with Gasteiger partial charge in [-0.15, -0.1) is 0 Å². The molecule has 0 atom stereocenters. The van der Waals surface area contributed by atoms with E-state index < -0.39 is 18.2 Å². The summed E-state index contributed by atoms with van der Waals surface area (Å²) in [6, 6.07) is 4.03. The molecule has 0 bridgehead atoms. The van der Waals surface area contributed by atoms with Gasteiger partial charge >= 0.3 is 0 Å². The Labute approximate surface area is 56.9 Å². The lowest BCUT2D eigenvalue weighted by atomic mass is 10.2. The molecule has 0 saturated heterocycles. The molecular weight excluding hydrogens is 138 g/mol. The van der Waals surface area contributed by atoms with Crippen LogP contribution in [-0.4, -0.2) is 5.11 Å². The van der Waals surface area contributed by atoms with Gasteiger partial charge in [0, 0.05) is 5.56 Å². The summed E-state index contributed by atoms with van der Waals surface area (Å²) in [6.07, 6.45) is 0. The zero-order valence-corrected chi connectivity index (χ0v) is 5.06. The summed E-state index contributed by atoms with van der Waals surface area (Å²) >= 11 is 0. The van der Waals surface area contributed by atoms with Gasteiger partial charge in [-0.25, -0.2) is 8.78 Å². The van der Waals surface area contributed by atoms with Crippen LogP contribution in [0.25, 0.3) is 0 Å². The smallest absolute Gasteiger partial charge is 0.139 e. The van der Waals surface area contributed by atoms with Gasteiger partial charge in [0.2, 0.25) is 0 Å². The number of rotatable bonds is 1. The van der Waals surface area contributed by atoms with E-state index in [0.29, 0.717) is 0 Å². The maximum absolute atomic E-state index is 12.4. The molecule has 0 aliphatic heterocycles. The van der Waals surface area contributed by atoms with E-state index in [1.165, 1.54) is 6.07 Å². The Morgan fingerprint density at radius 3 is 2.60 bits per heavy atom. The molecule has 0 spiro atoms. The number of benzene rings is 1. The normalized spacial score (nSPS) is 9.90. The number of halogens is 2. The van der Waals surface area contributed by atoms with Gasteiger partial charge in [-0.3, -0.25) is 0 Å². The first-order valence-corrected chi connectivity index (χ1v) is 2.71. The number of hydrogen-bond donors (Lipinski definition) is 1. The minimum Gasteiger partial charge on any atom is -0.392 e. The van der Waals surface area contributed by atoms with Crippen molar-refractivity contribution in [3.05, 3.63) is 35.4 Å². The molecule has 1 aromatic carbocycles. The van der Waals surface area contributed by atoms with Gasteiger partial charge in [0.1, 0.15) is 11.6 Å². The van der Waals surface area contributed by atoms with Crippen LogP contribution >= 0.6 is 0 Å². The molecule has 1 N–H and O–H groups in total. The third-order valence-corrected chi connectivity index (χ3v) is 1.11. The maximum Gasteiger partial charge on any atom is 0.139 e. The Kier molecular flexibility index (Phi) is 1.97. The summed E-state index contributed by atoms with van der Waals surface area (Å²) in [5, 5.41) is 8.43. The highest BCUT2D eigenvalue weighted by Crippen LogP contribution is 2.07. The molecule has 0 unspecified atom stereocenters. The Morgan fingerprint density at radius 1 is 1.40 bits per heavy atom. The molecule has 1 rings (SSSR count). The molecule has 0 aliphatic rings. The first kappa shape index (κ1) is 7.15. The Hall–Kier alpha value is -0.960. The predicted molar refractivity (Wildman–Crippen MR) is 31.1 cm³/mol. The van der Waals surface area contributed by atoms with Crippen molar-refractivity contribution in [3.63, 3.8) is 0 Å². The average molecular weight is 143 g/mol. The minimum atomic E-state index is -0.831. The monoisotopic (exact) mass is 143 g/mol. The van der Waals surface area contributed by atoms with Crippen LogP contribution in [0.2, 0.25) is 0 Å². The van der Waals surface area contributed by atoms with E-state index in [9.17, 15) is 8.78 Å². The first-order chi connectivity index (χ1) is 4.74. The second-order valence-electron chi connectivity index (χ2n) is 1.80. The van der Waals surface area contributed by atoms with Crippen LogP contribution in [-0.2, 0) is 6.61 Å². The van der Waals surface area contributed by atoms with Gasteiger partial charge < -0.3 is 5.11 Å². The van der Waals surface area contributed by atoms with Crippen molar-refractivity contribution >= 4 is 0 Å². The summed E-state index contributed by atoms with van der Waals surface area (Å²) in [5.74, 6) is -1.59. The van der Waals surface area contributed by atoms with Crippen LogP contribution in [0.15, 0.2) is 12.1 Å². The van der Waals surface area contributed by atoms with E-state index in [1.54, 1.807) is 6.07 Å². The standard InChI is InChI=1S/C7H5F2O/c8-6-2-1-5(4-10)7(9)3-6/h1-2,10H,4H2.